The largest absolute Gasteiger partial charge is 0.486 e. The lowest BCUT2D eigenvalue weighted by atomic mass is 10.1. The first-order valence-electron chi connectivity index (χ1n) is 9.37. The maximum absolute atomic E-state index is 12.8. The molecule has 1 N–H and O–H groups in total. The van der Waals surface area contributed by atoms with Gasteiger partial charge in [-0.05, 0) is 30.7 Å². The van der Waals surface area contributed by atoms with Gasteiger partial charge in [-0.15, -0.1) is 0 Å². The number of carbonyl (C=O) groups is 2. The summed E-state index contributed by atoms with van der Waals surface area (Å²) in [7, 11) is 0. The van der Waals surface area contributed by atoms with Gasteiger partial charge in [0.15, 0.2) is 17.6 Å². The van der Waals surface area contributed by atoms with Crippen molar-refractivity contribution < 1.29 is 23.8 Å². The van der Waals surface area contributed by atoms with E-state index in [1.807, 2.05) is 31.2 Å². The zero-order valence-electron chi connectivity index (χ0n) is 15.6. The van der Waals surface area contributed by atoms with Crippen LogP contribution in [0.2, 0.25) is 0 Å². The second kappa shape index (κ2) is 7.80. The van der Waals surface area contributed by atoms with Crippen molar-refractivity contribution in [1.29, 1.82) is 0 Å². The molecule has 2 aliphatic heterocycles. The van der Waals surface area contributed by atoms with Crippen LogP contribution in [0.4, 0.5) is 5.69 Å². The molecule has 2 heterocycles. The van der Waals surface area contributed by atoms with E-state index in [-0.39, 0.29) is 18.4 Å². The monoisotopic (exact) mass is 382 g/mol. The van der Waals surface area contributed by atoms with Gasteiger partial charge in [0.25, 0.3) is 5.91 Å². The number of hydrogen-bond acceptors (Lipinski definition) is 5. The lowest BCUT2D eigenvalue weighted by Crippen LogP contribution is -2.44. The Morgan fingerprint density at radius 2 is 1.86 bits per heavy atom. The van der Waals surface area contributed by atoms with E-state index >= 15 is 0 Å². The minimum atomic E-state index is -0.584. The van der Waals surface area contributed by atoms with Crippen molar-refractivity contribution >= 4 is 17.5 Å². The predicted octanol–water partition coefficient (Wildman–Crippen LogP) is 2.25. The van der Waals surface area contributed by atoms with Gasteiger partial charge in [-0.1, -0.05) is 18.2 Å². The van der Waals surface area contributed by atoms with Gasteiger partial charge in [0.05, 0.1) is 6.54 Å². The van der Waals surface area contributed by atoms with Crippen molar-refractivity contribution in [3.63, 3.8) is 0 Å². The van der Waals surface area contributed by atoms with Crippen LogP contribution in [0.15, 0.2) is 42.5 Å². The maximum Gasteiger partial charge on any atom is 0.264 e. The number of likely N-dealkylation sites (N-methyl/N-ethyl adjacent to an activating group) is 1. The second-order valence-electron chi connectivity index (χ2n) is 6.68. The van der Waals surface area contributed by atoms with E-state index < -0.39 is 6.10 Å². The average molecular weight is 382 g/mol. The number of anilines is 1. The lowest BCUT2D eigenvalue weighted by Gasteiger charge is -2.23. The zero-order valence-corrected chi connectivity index (χ0v) is 15.6. The highest BCUT2D eigenvalue weighted by molar-refractivity contribution is 5.95. The Kier molecular flexibility index (Phi) is 5.06. The minimum Gasteiger partial charge on any atom is -0.486 e. The molecule has 0 aliphatic carbocycles. The van der Waals surface area contributed by atoms with E-state index in [1.54, 1.807) is 18.2 Å². The molecule has 7 heteroatoms. The summed E-state index contributed by atoms with van der Waals surface area (Å²) in [5, 5.41) is 2.81. The van der Waals surface area contributed by atoms with Gasteiger partial charge in [-0.2, -0.15) is 0 Å². The smallest absolute Gasteiger partial charge is 0.264 e. The van der Waals surface area contributed by atoms with Crippen LogP contribution in [-0.2, 0) is 16.0 Å². The molecule has 2 amide bonds. The van der Waals surface area contributed by atoms with Gasteiger partial charge < -0.3 is 24.4 Å². The Bertz CT molecular complexity index is 873. The molecule has 0 saturated heterocycles. The Labute approximate surface area is 163 Å². The molecule has 0 radical (unpaired) electrons. The third-order valence-electron chi connectivity index (χ3n) is 4.78. The molecule has 0 saturated carbocycles. The molecular weight excluding hydrogens is 360 g/mol. The van der Waals surface area contributed by atoms with Crippen LogP contribution in [0.1, 0.15) is 12.5 Å². The fourth-order valence-corrected chi connectivity index (χ4v) is 3.36. The molecule has 1 atom stereocenters. The van der Waals surface area contributed by atoms with Gasteiger partial charge in [0.1, 0.15) is 19.0 Å². The summed E-state index contributed by atoms with van der Waals surface area (Å²) in [4.78, 5) is 26.8. The molecule has 7 nitrogen and oxygen atoms in total. The molecule has 0 spiro atoms. The Morgan fingerprint density at radius 3 is 2.64 bits per heavy atom. The number of amides is 2. The van der Waals surface area contributed by atoms with Crippen LogP contribution in [0.3, 0.4) is 0 Å². The number of para-hydroxylation sites is 1. The highest BCUT2D eigenvalue weighted by Gasteiger charge is 2.32. The second-order valence-corrected chi connectivity index (χ2v) is 6.68. The fraction of sp³-hybridized carbons (Fsp3) is 0.333. The maximum atomic E-state index is 12.8. The predicted molar refractivity (Wildman–Crippen MR) is 103 cm³/mol. The van der Waals surface area contributed by atoms with Crippen molar-refractivity contribution in [2.75, 3.05) is 31.6 Å². The number of carbonyl (C=O) groups excluding carboxylic acids is 2. The summed E-state index contributed by atoms with van der Waals surface area (Å²) >= 11 is 0. The number of ether oxygens (including phenoxy) is 3. The van der Waals surface area contributed by atoms with E-state index in [4.69, 9.17) is 14.2 Å². The van der Waals surface area contributed by atoms with E-state index in [2.05, 4.69) is 5.32 Å². The highest BCUT2D eigenvalue weighted by Crippen LogP contribution is 2.32. The minimum absolute atomic E-state index is 0.0417. The number of benzene rings is 2. The summed E-state index contributed by atoms with van der Waals surface area (Å²) in [6.07, 6.45) is -0.0607. The van der Waals surface area contributed by atoms with Gasteiger partial charge in [-0.25, -0.2) is 0 Å². The highest BCUT2D eigenvalue weighted by atomic mass is 16.6. The van der Waals surface area contributed by atoms with Crippen molar-refractivity contribution in [2.45, 2.75) is 19.4 Å². The zero-order chi connectivity index (χ0) is 19.5. The molecule has 2 aromatic carbocycles. The third-order valence-corrected chi connectivity index (χ3v) is 4.78. The molecule has 0 unspecified atom stereocenters. The molecule has 2 aliphatic rings. The van der Waals surface area contributed by atoms with Crippen LogP contribution in [0.25, 0.3) is 0 Å². The quantitative estimate of drug-likeness (QED) is 0.858. The molecule has 146 valence electrons. The van der Waals surface area contributed by atoms with Gasteiger partial charge >= 0.3 is 0 Å². The average Bonchev–Trinajstić information content (AvgIpc) is 3.15. The first-order valence-corrected chi connectivity index (χ1v) is 9.37. The van der Waals surface area contributed by atoms with Crippen molar-refractivity contribution in [1.82, 2.24) is 4.90 Å². The fourth-order valence-electron chi connectivity index (χ4n) is 3.36. The van der Waals surface area contributed by atoms with Crippen molar-refractivity contribution in [3.05, 3.63) is 48.0 Å². The van der Waals surface area contributed by atoms with Crippen molar-refractivity contribution in [3.8, 4) is 17.2 Å². The molecule has 0 fully saturated rings. The SMILES string of the molecule is CCN(CC(=O)Nc1ccc2c(c1)OCCO2)C(=O)[C@@H]1Cc2ccccc2O1. The number of fused-ring (bicyclic) bond motifs is 2. The number of nitrogens with one attached hydrogen (secondary N) is 1. The van der Waals surface area contributed by atoms with Crippen LogP contribution in [-0.4, -0.2) is 49.1 Å². The first kappa shape index (κ1) is 18.2. The molecular formula is C21H22N2O5. The van der Waals surface area contributed by atoms with E-state index in [1.165, 1.54) is 4.90 Å². The van der Waals surface area contributed by atoms with Crippen LogP contribution in [0, 0.1) is 0 Å². The summed E-state index contributed by atoms with van der Waals surface area (Å²) in [6.45, 7) is 3.21. The molecule has 0 aromatic heterocycles. The van der Waals surface area contributed by atoms with Gasteiger partial charge in [-0.3, -0.25) is 9.59 Å². The first-order chi connectivity index (χ1) is 13.6. The van der Waals surface area contributed by atoms with E-state index in [0.29, 0.717) is 43.4 Å². The van der Waals surface area contributed by atoms with Gasteiger partial charge in [0, 0.05) is 24.7 Å². The molecule has 28 heavy (non-hydrogen) atoms. The number of nitrogens with zero attached hydrogens (tertiary/aromatic N) is 1. The Balaban J connectivity index is 1.37. The van der Waals surface area contributed by atoms with Crippen LogP contribution < -0.4 is 19.5 Å². The van der Waals surface area contributed by atoms with Gasteiger partial charge in [0.2, 0.25) is 5.91 Å². The number of hydrogen-bond donors (Lipinski definition) is 1. The summed E-state index contributed by atoms with van der Waals surface area (Å²) < 4.78 is 16.8. The lowest BCUT2D eigenvalue weighted by molar-refractivity contribution is -0.140. The van der Waals surface area contributed by atoms with E-state index in [0.717, 1.165) is 11.3 Å². The van der Waals surface area contributed by atoms with Crippen molar-refractivity contribution in [2.24, 2.45) is 0 Å². The Morgan fingerprint density at radius 1 is 1.07 bits per heavy atom. The van der Waals surface area contributed by atoms with E-state index in [9.17, 15) is 9.59 Å². The molecule has 4 rings (SSSR count). The summed E-state index contributed by atoms with van der Waals surface area (Å²) in [6, 6.07) is 12.8. The topological polar surface area (TPSA) is 77.1 Å². The normalized spacial score (nSPS) is 16.7. The third kappa shape index (κ3) is 3.74. The van der Waals surface area contributed by atoms with Crippen LogP contribution in [0.5, 0.6) is 17.2 Å². The summed E-state index contributed by atoms with van der Waals surface area (Å²) in [5.41, 5.74) is 1.61. The Hall–Kier alpha value is -3.22. The molecule has 0 bridgehead atoms. The van der Waals surface area contributed by atoms with Crippen LogP contribution >= 0.6 is 0 Å². The number of rotatable bonds is 5. The molecule has 2 aromatic rings. The standard InChI is InChI=1S/C21H22N2O5/c1-2-23(21(25)19-11-14-5-3-4-6-16(14)28-19)13-20(24)22-15-7-8-17-18(12-15)27-10-9-26-17/h3-8,12,19H,2,9-11,13H2,1H3,(H,22,24)/t19-/m0/s1. The summed E-state index contributed by atoms with van der Waals surface area (Å²) in [5.74, 6) is 1.54.